The normalized spacial score (nSPS) is 46.5. The van der Waals surface area contributed by atoms with Crippen molar-refractivity contribution in [2.45, 2.75) is 43.7 Å². The Kier molecular flexibility index (Phi) is 2.16. The third-order valence-electron chi connectivity index (χ3n) is 3.23. The SMILES string of the molecule is CC1(C)O[C@H]2O[C@H](CO)[C@]3(C=CC(=O)O3)[C@H]2O1. The molecule has 0 unspecified atom stereocenters. The third-order valence-corrected chi connectivity index (χ3v) is 3.23. The number of aliphatic hydroxyl groups excluding tert-OH is 1. The van der Waals surface area contributed by atoms with Gasteiger partial charge in [0.2, 0.25) is 0 Å². The number of aliphatic hydroxyl groups is 1. The molecule has 17 heavy (non-hydrogen) atoms. The molecule has 4 atom stereocenters. The van der Waals surface area contributed by atoms with E-state index in [1.807, 2.05) is 0 Å². The van der Waals surface area contributed by atoms with Crippen molar-refractivity contribution in [2.24, 2.45) is 0 Å². The minimum atomic E-state index is -1.07. The van der Waals surface area contributed by atoms with Gasteiger partial charge in [0, 0.05) is 6.08 Å². The molecule has 2 fully saturated rings. The molecule has 1 N–H and O–H groups in total. The number of rotatable bonds is 1. The van der Waals surface area contributed by atoms with Gasteiger partial charge in [-0.25, -0.2) is 4.79 Å². The Labute approximate surface area is 98.1 Å². The van der Waals surface area contributed by atoms with Crippen LogP contribution in [0.15, 0.2) is 12.2 Å². The molecule has 0 saturated carbocycles. The van der Waals surface area contributed by atoms with E-state index in [0.29, 0.717) is 0 Å². The van der Waals surface area contributed by atoms with Gasteiger partial charge in [-0.15, -0.1) is 0 Å². The predicted octanol–water partition coefficient (Wildman–Crippen LogP) is -0.293. The quantitative estimate of drug-likeness (QED) is 0.637. The van der Waals surface area contributed by atoms with Crippen LogP contribution in [0, 0.1) is 0 Å². The van der Waals surface area contributed by atoms with Crippen LogP contribution in [0.2, 0.25) is 0 Å². The Morgan fingerprint density at radius 2 is 2.18 bits per heavy atom. The van der Waals surface area contributed by atoms with Gasteiger partial charge in [0.05, 0.1) is 6.61 Å². The van der Waals surface area contributed by atoms with Crippen LogP contribution in [0.5, 0.6) is 0 Å². The van der Waals surface area contributed by atoms with Crippen molar-refractivity contribution in [3.05, 3.63) is 12.2 Å². The molecule has 1 spiro atoms. The summed E-state index contributed by atoms with van der Waals surface area (Å²) in [6.45, 7) is 3.26. The van der Waals surface area contributed by atoms with E-state index in [1.54, 1.807) is 19.9 Å². The van der Waals surface area contributed by atoms with Gasteiger partial charge in [-0.05, 0) is 19.9 Å². The molecular weight excluding hydrogens is 228 g/mol. The number of hydrogen-bond donors (Lipinski definition) is 1. The summed E-state index contributed by atoms with van der Waals surface area (Å²) in [7, 11) is 0. The van der Waals surface area contributed by atoms with E-state index in [1.165, 1.54) is 6.08 Å². The highest BCUT2D eigenvalue weighted by molar-refractivity contribution is 5.85. The minimum absolute atomic E-state index is 0.266. The Morgan fingerprint density at radius 3 is 2.76 bits per heavy atom. The maximum Gasteiger partial charge on any atom is 0.331 e. The highest BCUT2D eigenvalue weighted by atomic mass is 16.8. The van der Waals surface area contributed by atoms with E-state index >= 15 is 0 Å². The summed E-state index contributed by atoms with van der Waals surface area (Å²) in [5, 5.41) is 9.30. The lowest BCUT2D eigenvalue weighted by atomic mass is 9.93. The number of carbonyl (C=O) groups is 1. The number of esters is 1. The summed E-state index contributed by atoms with van der Waals surface area (Å²) in [4.78, 5) is 11.3. The molecule has 0 bridgehead atoms. The maximum absolute atomic E-state index is 11.3. The highest BCUT2D eigenvalue weighted by Gasteiger charge is 2.66. The molecule has 94 valence electrons. The van der Waals surface area contributed by atoms with Crippen LogP contribution in [-0.4, -0.2) is 47.6 Å². The predicted molar refractivity (Wildman–Crippen MR) is 53.7 cm³/mol. The second-order valence-electron chi connectivity index (χ2n) is 4.84. The number of hydrogen-bond acceptors (Lipinski definition) is 6. The van der Waals surface area contributed by atoms with Crippen LogP contribution in [-0.2, 0) is 23.7 Å². The van der Waals surface area contributed by atoms with Gasteiger partial charge in [0.15, 0.2) is 23.8 Å². The van der Waals surface area contributed by atoms with E-state index < -0.39 is 35.9 Å². The van der Waals surface area contributed by atoms with E-state index in [0.717, 1.165) is 0 Å². The summed E-state index contributed by atoms with van der Waals surface area (Å²) >= 11 is 0. The highest BCUT2D eigenvalue weighted by Crippen LogP contribution is 2.47. The molecule has 6 nitrogen and oxygen atoms in total. The van der Waals surface area contributed by atoms with Gasteiger partial charge in [-0.2, -0.15) is 0 Å². The summed E-state index contributed by atoms with van der Waals surface area (Å²) in [5.41, 5.74) is -1.07. The molecule has 2 saturated heterocycles. The zero-order chi connectivity index (χ0) is 12.3. The van der Waals surface area contributed by atoms with Crippen LogP contribution < -0.4 is 0 Å². The molecule has 0 aromatic rings. The molecule has 3 aliphatic rings. The zero-order valence-electron chi connectivity index (χ0n) is 9.58. The van der Waals surface area contributed by atoms with Gasteiger partial charge in [-0.1, -0.05) is 0 Å². The monoisotopic (exact) mass is 242 g/mol. The Balaban J connectivity index is 1.95. The van der Waals surface area contributed by atoms with Crippen LogP contribution >= 0.6 is 0 Å². The van der Waals surface area contributed by atoms with Crippen molar-refractivity contribution in [1.82, 2.24) is 0 Å². The molecular formula is C11H14O6. The van der Waals surface area contributed by atoms with Gasteiger partial charge < -0.3 is 24.1 Å². The van der Waals surface area contributed by atoms with Crippen molar-refractivity contribution >= 4 is 5.97 Å². The Morgan fingerprint density at radius 1 is 1.41 bits per heavy atom. The molecule has 3 aliphatic heterocycles. The number of fused-ring (bicyclic) bond motifs is 2. The topological polar surface area (TPSA) is 74.2 Å². The summed E-state index contributed by atoms with van der Waals surface area (Å²) in [6, 6.07) is 0. The van der Waals surface area contributed by atoms with Gasteiger partial charge >= 0.3 is 5.97 Å². The third kappa shape index (κ3) is 1.45. The van der Waals surface area contributed by atoms with Crippen LogP contribution in [0.3, 0.4) is 0 Å². The lowest BCUT2D eigenvalue weighted by molar-refractivity contribution is -0.229. The average Bonchev–Trinajstić information content (AvgIpc) is 2.83. The molecule has 6 heteroatoms. The second kappa shape index (κ2) is 3.29. The average molecular weight is 242 g/mol. The van der Waals surface area contributed by atoms with Crippen molar-refractivity contribution in [3.8, 4) is 0 Å². The molecule has 0 aliphatic carbocycles. The second-order valence-corrected chi connectivity index (χ2v) is 4.84. The maximum atomic E-state index is 11.3. The zero-order valence-corrected chi connectivity index (χ0v) is 9.58. The van der Waals surface area contributed by atoms with Crippen molar-refractivity contribution in [3.63, 3.8) is 0 Å². The molecule has 0 radical (unpaired) electrons. The van der Waals surface area contributed by atoms with E-state index in [9.17, 15) is 9.90 Å². The molecule has 0 aromatic heterocycles. The first-order valence-electron chi connectivity index (χ1n) is 5.51. The lowest BCUT2D eigenvalue weighted by Crippen LogP contribution is -2.49. The van der Waals surface area contributed by atoms with E-state index in [4.69, 9.17) is 18.9 Å². The fourth-order valence-electron chi connectivity index (χ4n) is 2.54. The van der Waals surface area contributed by atoms with Crippen LogP contribution in [0.25, 0.3) is 0 Å². The lowest BCUT2D eigenvalue weighted by Gasteiger charge is -2.31. The van der Waals surface area contributed by atoms with Crippen molar-refractivity contribution in [1.29, 1.82) is 0 Å². The van der Waals surface area contributed by atoms with Gasteiger partial charge in [-0.3, -0.25) is 0 Å². The van der Waals surface area contributed by atoms with Crippen molar-refractivity contribution < 1.29 is 28.8 Å². The van der Waals surface area contributed by atoms with Crippen LogP contribution in [0.1, 0.15) is 13.8 Å². The first-order valence-corrected chi connectivity index (χ1v) is 5.51. The first-order chi connectivity index (χ1) is 7.97. The molecule has 0 amide bonds. The molecule has 0 aromatic carbocycles. The fraction of sp³-hybridized carbons (Fsp3) is 0.727. The minimum Gasteiger partial charge on any atom is -0.446 e. The summed E-state index contributed by atoms with van der Waals surface area (Å²) < 4.78 is 22.1. The molecule has 3 heterocycles. The Bertz CT molecular complexity index is 389. The van der Waals surface area contributed by atoms with Gasteiger partial charge in [0.25, 0.3) is 0 Å². The fourth-order valence-corrected chi connectivity index (χ4v) is 2.54. The van der Waals surface area contributed by atoms with E-state index in [2.05, 4.69) is 0 Å². The number of ether oxygens (including phenoxy) is 4. The molecule has 3 rings (SSSR count). The Hall–Kier alpha value is -0.950. The van der Waals surface area contributed by atoms with Gasteiger partial charge in [0.1, 0.15) is 6.10 Å². The van der Waals surface area contributed by atoms with Crippen LogP contribution in [0.4, 0.5) is 0 Å². The van der Waals surface area contributed by atoms with E-state index in [-0.39, 0.29) is 6.61 Å². The number of carbonyl (C=O) groups excluding carboxylic acids is 1. The first kappa shape index (κ1) is 11.2. The smallest absolute Gasteiger partial charge is 0.331 e. The largest absolute Gasteiger partial charge is 0.446 e. The van der Waals surface area contributed by atoms with Crippen molar-refractivity contribution in [2.75, 3.05) is 6.61 Å². The summed E-state index contributed by atoms with van der Waals surface area (Å²) in [6.07, 6.45) is 1.08. The standard InChI is InChI=1S/C11H14O6/c1-10(2)16-8-9(17-10)14-6(5-12)11(8)4-3-7(13)15-11/h3-4,6,8-9,12H,5H2,1-2H3/t6-,8+,9-,11-/m1/s1. The summed E-state index contributed by atoms with van der Waals surface area (Å²) in [5.74, 6) is -1.24.